The van der Waals surface area contributed by atoms with Crippen LogP contribution in [0.5, 0.6) is 5.75 Å². The van der Waals surface area contributed by atoms with Gasteiger partial charge < -0.3 is 14.8 Å². The lowest BCUT2D eigenvalue weighted by Gasteiger charge is -2.14. The highest BCUT2D eigenvalue weighted by Gasteiger charge is 2.30. The molecular formula is C21H20N2O6. The molecule has 3 amide bonds. The molecule has 0 atom stereocenters. The molecule has 1 N–H and O–H groups in total. The van der Waals surface area contributed by atoms with Crippen LogP contribution in [-0.4, -0.2) is 37.4 Å². The maximum atomic E-state index is 12.1. The third-order valence-corrected chi connectivity index (χ3v) is 4.42. The molecule has 3 rings (SSSR count). The van der Waals surface area contributed by atoms with Gasteiger partial charge in [-0.25, -0.2) is 4.79 Å². The number of benzene rings is 2. The molecule has 0 spiro atoms. The minimum atomic E-state index is -0.678. The highest BCUT2D eigenvalue weighted by atomic mass is 16.5. The van der Waals surface area contributed by atoms with Gasteiger partial charge in [0.2, 0.25) is 11.8 Å². The zero-order valence-electron chi connectivity index (χ0n) is 15.8. The zero-order valence-corrected chi connectivity index (χ0v) is 15.8. The van der Waals surface area contributed by atoms with Crippen LogP contribution in [0.2, 0.25) is 0 Å². The Kier molecular flexibility index (Phi) is 6.23. The van der Waals surface area contributed by atoms with E-state index in [9.17, 15) is 19.2 Å². The summed E-state index contributed by atoms with van der Waals surface area (Å²) >= 11 is 0. The van der Waals surface area contributed by atoms with E-state index in [1.807, 2.05) is 18.2 Å². The van der Waals surface area contributed by atoms with Crippen molar-refractivity contribution in [3.05, 3.63) is 59.7 Å². The Morgan fingerprint density at radius 3 is 2.31 bits per heavy atom. The lowest BCUT2D eigenvalue weighted by molar-refractivity contribution is -0.124. The van der Waals surface area contributed by atoms with E-state index in [0.29, 0.717) is 11.4 Å². The molecule has 1 fully saturated rings. The van der Waals surface area contributed by atoms with Crippen LogP contribution in [0.15, 0.2) is 48.5 Å². The first-order valence-corrected chi connectivity index (χ1v) is 9.01. The fraction of sp³-hybridized carbons (Fsp3) is 0.238. The number of hydrogen-bond donors (Lipinski definition) is 1. The number of esters is 1. The predicted molar refractivity (Wildman–Crippen MR) is 103 cm³/mol. The molecule has 150 valence electrons. The number of nitrogens with zero attached hydrogens (tertiary/aromatic N) is 1. The second-order valence-corrected chi connectivity index (χ2v) is 6.33. The molecule has 0 aromatic heterocycles. The van der Waals surface area contributed by atoms with E-state index in [-0.39, 0.29) is 36.8 Å². The number of nitrogens with one attached hydrogen (secondary N) is 1. The Balaban J connectivity index is 1.50. The van der Waals surface area contributed by atoms with E-state index < -0.39 is 18.5 Å². The number of imide groups is 1. The van der Waals surface area contributed by atoms with Gasteiger partial charge in [0.05, 0.1) is 18.4 Å². The fourth-order valence-electron chi connectivity index (χ4n) is 2.92. The first-order chi connectivity index (χ1) is 14.0. The number of hydrogen-bond acceptors (Lipinski definition) is 6. The molecule has 29 heavy (non-hydrogen) atoms. The van der Waals surface area contributed by atoms with Crippen molar-refractivity contribution in [2.24, 2.45) is 0 Å². The highest BCUT2D eigenvalue weighted by molar-refractivity contribution is 6.19. The molecule has 1 aliphatic rings. The monoisotopic (exact) mass is 396 g/mol. The van der Waals surface area contributed by atoms with Crippen LogP contribution in [0.3, 0.4) is 0 Å². The van der Waals surface area contributed by atoms with Gasteiger partial charge in [0, 0.05) is 24.9 Å². The second-order valence-electron chi connectivity index (χ2n) is 6.33. The summed E-state index contributed by atoms with van der Waals surface area (Å²) in [5, 5.41) is 2.66. The van der Waals surface area contributed by atoms with E-state index in [4.69, 9.17) is 9.47 Å². The average Bonchev–Trinajstić information content (AvgIpc) is 3.08. The maximum absolute atomic E-state index is 12.1. The molecule has 0 saturated carbocycles. The van der Waals surface area contributed by atoms with Crippen LogP contribution in [0.25, 0.3) is 0 Å². The Hall–Kier alpha value is -3.68. The van der Waals surface area contributed by atoms with E-state index in [2.05, 4.69) is 5.32 Å². The van der Waals surface area contributed by atoms with Gasteiger partial charge in [-0.1, -0.05) is 18.2 Å². The third kappa shape index (κ3) is 4.78. The first kappa shape index (κ1) is 20.1. The van der Waals surface area contributed by atoms with E-state index in [0.717, 1.165) is 10.5 Å². The van der Waals surface area contributed by atoms with E-state index in [1.54, 1.807) is 13.2 Å². The summed E-state index contributed by atoms with van der Waals surface area (Å²) in [7, 11) is 1.54. The number of ether oxygens (including phenoxy) is 2. The molecule has 0 bridgehead atoms. The normalized spacial score (nSPS) is 13.3. The molecule has 2 aromatic carbocycles. The minimum Gasteiger partial charge on any atom is -0.496 e. The molecule has 0 radical (unpaired) electrons. The van der Waals surface area contributed by atoms with Crippen molar-refractivity contribution in [2.75, 3.05) is 18.6 Å². The Morgan fingerprint density at radius 1 is 1.00 bits per heavy atom. The third-order valence-electron chi connectivity index (χ3n) is 4.42. The summed E-state index contributed by atoms with van der Waals surface area (Å²) in [6.45, 7) is -0.189. The lowest BCUT2D eigenvalue weighted by atomic mass is 10.2. The SMILES string of the molecule is COc1ccccc1CNC(=O)COC(=O)c1ccc(N2C(=O)CCC2=O)cc1. The van der Waals surface area contributed by atoms with Crippen LogP contribution in [0, 0.1) is 0 Å². The van der Waals surface area contributed by atoms with Crippen molar-refractivity contribution in [2.45, 2.75) is 19.4 Å². The molecule has 0 aliphatic carbocycles. The molecule has 8 nitrogen and oxygen atoms in total. The molecular weight excluding hydrogens is 376 g/mol. The van der Waals surface area contributed by atoms with Crippen LogP contribution < -0.4 is 15.0 Å². The van der Waals surface area contributed by atoms with Gasteiger partial charge in [-0.15, -0.1) is 0 Å². The summed E-state index contributed by atoms with van der Waals surface area (Å²) in [6.07, 6.45) is 0.374. The summed E-state index contributed by atoms with van der Waals surface area (Å²) in [4.78, 5) is 48.6. The number of carbonyl (C=O) groups excluding carboxylic acids is 4. The molecule has 8 heteroatoms. The largest absolute Gasteiger partial charge is 0.496 e. The standard InChI is InChI=1S/C21H20N2O6/c1-28-17-5-3-2-4-15(17)12-22-18(24)13-29-21(27)14-6-8-16(9-7-14)23-19(25)10-11-20(23)26/h2-9H,10-13H2,1H3,(H,22,24). The highest BCUT2D eigenvalue weighted by Crippen LogP contribution is 2.23. The fourth-order valence-corrected chi connectivity index (χ4v) is 2.92. The van der Waals surface area contributed by atoms with E-state index in [1.165, 1.54) is 24.3 Å². The van der Waals surface area contributed by atoms with Gasteiger partial charge in [-0.3, -0.25) is 19.3 Å². The summed E-state index contributed by atoms with van der Waals surface area (Å²) in [5.41, 5.74) is 1.42. The summed E-state index contributed by atoms with van der Waals surface area (Å²) in [5.74, 6) is -1.01. The van der Waals surface area contributed by atoms with Crippen molar-refractivity contribution in [1.82, 2.24) is 5.32 Å². The number of anilines is 1. The number of methoxy groups -OCH3 is 1. The first-order valence-electron chi connectivity index (χ1n) is 9.01. The number of rotatable bonds is 7. The van der Waals surface area contributed by atoms with Gasteiger partial charge >= 0.3 is 5.97 Å². The zero-order chi connectivity index (χ0) is 20.8. The molecule has 2 aromatic rings. The van der Waals surface area contributed by atoms with Crippen LogP contribution >= 0.6 is 0 Å². The van der Waals surface area contributed by atoms with Gasteiger partial charge in [-0.2, -0.15) is 0 Å². The Bertz CT molecular complexity index is 922. The number of amides is 3. The Labute approximate surface area is 167 Å². The van der Waals surface area contributed by atoms with Crippen molar-refractivity contribution < 1.29 is 28.7 Å². The predicted octanol–water partition coefficient (Wildman–Crippen LogP) is 1.82. The van der Waals surface area contributed by atoms with Crippen molar-refractivity contribution >= 4 is 29.4 Å². The second kappa shape index (κ2) is 9.01. The number of carbonyl (C=O) groups is 4. The number of para-hydroxylation sites is 1. The maximum Gasteiger partial charge on any atom is 0.338 e. The summed E-state index contributed by atoms with van der Waals surface area (Å²) in [6, 6.07) is 13.2. The van der Waals surface area contributed by atoms with Gasteiger partial charge in [0.15, 0.2) is 6.61 Å². The van der Waals surface area contributed by atoms with Gasteiger partial charge in [0.1, 0.15) is 5.75 Å². The van der Waals surface area contributed by atoms with Gasteiger partial charge in [-0.05, 0) is 30.3 Å². The molecule has 1 saturated heterocycles. The van der Waals surface area contributed by atoms with Crippen LogP contribution in [0.1, 0.15) is 28.8 Å². The van der Waals surface area contributed by atoms with Crippen LogP contribution in [0.4, 0.5) is 5.69 Å². The van der Waals surface area contributed by atoms with Crippen molar-refractivity contribution in [3.63, 3.8) is 0 Å². The lowest BCUT2D eigenvalue weighted by Crippen LogP contribution is -2.29. The topological polar surface area (TPSA) is 102 Å². The molecule has 1 heterocycles. The van der Waals surface area contributed by atoms with E-state index >= 15 is 0 Å². The summed E-state index contributed by atoms with van der Waals surface area (Å²) < 4.78 is 10.2. The Morgan fingerprint density at radius 2 is 1.66 bits per heavy atom. The van der Waals surface area contributed by atoms with Crippen molar-refractivity contribution in [1.29, 1.82) is 0 Å². The van der Waals surface area contributed by atoms with Crippen LogP contribution in [-0.2, 0) is 25.7 Å². The smallest absolute Gasteiger partial charge is 0.338 e. The van der Waals surface area contributed by atoms with Gasteiger partial charge in [0.25, 0.3) is 5.91 Å². The minimum absolute atomic E-state index is 0.187. The molecule has 0 unspecified atom stereocenters. The average molecular weight is 396 g/mol. The van der Waals surface area contributed by atoms with Crippen molar-refractivity contribution in [3.8, 4) is 5.75 Å². The quantitative estimate of drug-likeness (QED) is 0.566. The molecule has 1 aliphatic heterocycles.